The van der Waals surface area contributed by atoms with Crippen molar-refractivity contribution in [2.75, 3.05) is 26.2 Å². The summed E-state index contributed by atoms with van der Waals surface area (Å²) in [6, 6.07) is 7.73. The van der Waals surface area contributed by atoms with Gasteiger partial charge in [-0.1, -0.05) is 28.1 Å². The highest BCUT2D eigenvalue weighted by molar-refractivity contribution is 9.10. The van der Waals surface area contributed by atoms with Gasteiger partial charge in [-0.2, -0.15) is 0 Å². The molecule has 120 valence electrons. The molecule has 1 spiro atoms. The van der Waals surface area contributed by atoms with E-state index in [2.05, 4.69) is 21.2 Å². The Bertz CT molecular complexity index is 550. The molecule has 1 atom stereocenters. The molecule has 0 aliphatic carbocycles. The second kappa shape index (κ2) is 5.95. The number of carbonyl (C=O) groups is 1. The van der Waals surface area contributed by atoms with Gasteiger partial charge in [-0.05, 0) is 62.4 Å². The summed E-state index contributed by atoms with van der Waals surface area (Å²) >= 11 is 3.42. The Morgan fingerprint density at radius 1 is 1.27 bits per heavy atom. The summed E-state index contributed by atoms with van der Waals surface area (Å²) in [6.07, 6.45) is 3.43. The first-order chi connectivity index (χ1) is 10.4. The molecule has 2 aliphatic heterocycles. The van der Waals surface area contributed by atoms with Crippen molar-refractivity contribution in [2.24, 2.45) is 11.1 Å². The summed E-state index contributed by atoms with van der Waals surface area (Å²) in [5.41, 5.74) is 6.64. The van der Waals surface area contributed by atoms with Crippen molar-refractivity contribution >= 4 is 21.8 Å². The summed E-state index contributed by atoms with van der Waals surface area (Å²) in [6.45, 7) is 5.65. The van der Waals surface area contributed by atoms with Crippen LogP contribution < -0.4 is 11.1 Å². The molecule has 4 nitrogen and oxygen atoms in total. The summed E-state index contributed by atoms with van der Waals surface area (Å²) in [7, 11) is 0. The topological polar surface area (TPSA) is 58.4 Å². The number of amides is 1. The molecule has 0 radical (unpaired) electrons. The zero-order chi connectivity index (χ0) is 15.8. The van der Waals surface area contributed by atoms with E-state index in [9.17, 15) is 4.79 Å². The van der Waals surface area contributed by atoms with E-state index in [0.29, 0.717) is 5.41 Å². The first-order valence-electron chi connectivity index (χ1n) is 7.98. The van der Waals surface area contributed by atoms with Gasteiger partial charge >= 0.3 is 0 Å². The minimum Gasteiger partial charge on any atom is -0.340 e. The fourth-order valence-corrected chi connectivity index (χ4v) is 3.99. The zero-order valence-corrected chi connectivity index (χ0v) is 14.7. The van der Waals surface area contributed by atoms with Crippen LogP contribution in [0.2, 0.25) is 0 Å². The van der Waals surface area contributed by atoms with Crippen molar-refractivity contribution in [1.82, 2.24) is 10.2 Å². The fourth-order valence-electron chi connectivity index (χ4n) is 3.72. The van der Waals surface area contributed by atoms with Crippen molar-refractivity contribution < 1.29 is 4.79 Å². The van der Waals surface area contributed by atoms with Crippen LogP contribution in [0.5, 0.6) is 0 Å². The molecule has 22 heavy (non-hydrogen) atoms. The predicted octanol–water partition coefficient (Wildman–Crippen LogP) is 2.23. The summed E-state index contributed by atoms with van der Waals surface area (Å²) in [5, 5.41) is 3.41. The lowest BCUT2D eigenvalue weighted by molar-refractivity contribution is -0.136. The molecular formula is C17H24BrN3O. The van der Waals surface area contributed by atoms with Gasteiger partial charge in [0.1, 0.15) is 5.54 Å². The van der Waals surface area contributed by atoms with Crippen LogP contribution in [0.3, 0.4) is 0 Å². The number of benzene rings is 1. The monoisotopic (exact) mass is 365 g/mol. The molecule has 1 aromatic rings. The summed E-state index contributed by atoms with van der Waals surface area (Å²) < 4.78 is 0.995. The number of piperidine rings is 1. The molecule has 1 aromatic carbocycles. The molecule has 5 heteroatoms. The second-order valence-electron chi connectivity index (χ2n) is 6.94. The number of hydrogen-bond donors (Lipinski definition) is 2. The molecule has 0 saturated carbocycles. The normalized spacial score (nSPS) is 23.5. The predicted molar refractivity (Wildman–Crippen MR) is 91.4 cm³/mol. The molecule has 2 fully saturated rings. The number of rotatable bonds is 2. The van der Waals surface area contributed by atoms with Crippen molar-refractivity contribution in [2.45, 2.75) is 31.7 Å². The molecule has 3 N–H and O–H groups in total. The fraction of sp³-hybridized carbons (Fsp3) is 0.588. The molecule has 2 heterocycles. The SMILES string of the molecule is CC(N)(C(=O)N1CCC2(CCNCC2)C1)c1ccc(Br)cc1. The van der Waals surface area contributed by atoms with Crippen molar-refractivity contribution in [3.63, 3.8) is 0 Å². The van der Waals surface area contributed by atoms with Crippen LogP contribution in [-0.4, -0.2) is 37.0 Å². The van der Waals surface area contributed by atoms with E-state index in [-0.39, 0.29) is 5.91 Å². The Balaban J connectivity index is 1.74. The smallest absolute Gasteiger partial charge is 0.246 e. The van der Waals surface area contributed by atoms with Crippen LogP contribution in [0.15, 0.2) is 28.7 Å². The van der Waals surface area contributed by atoms with Crippen LogP contribution in [0, 0.1) is 5.41 Å². The standard InChI is InChI=1S/C17H24BrN3O/c1-16(19,13-2-4-14(18)5-3-13)15(22)21-11-8-17(12-21)6-9-20-10-7-17/h2-5,20H,6-12,19H2,1H3. The Morgan fingerprint density at radius 2 is 1.91 bits per heavy atom. The van der Waals surface area contributed by atoms with Gasteiger partial charge in [0.05, 0.1) is 0 Å². The highest BCUT2D eigenvalue weighted by Gasteiger charge is 2.44. The average molecular weight is 366 g/mol. The molecule has 0 bridgehead atoms. The van der Waals surface area contributed by atoms with Crippen LogP contribution >= 0.6 is 15.9 Å². The van der Waals surface area contributed by atoms with Crippen molar-refractivity contribution in [1.29, 1.82) is 0 Å². The lowest BCUT2D eigenvalue weighted by Gasteiger charge is -2.35. The van der Waals surface area contributed by atoms with E-state index >= 15 is 0 Å². The first-order valence-corrected chi connectivity index (χ1v) is 8.77. The third-order valence-corrected chi connectivity index (χ3v) is 5.81. The van der Waals surface area contributed by atoms with Gasteiger partial charge in [0.2, 0.25) is 5.91 Å². The lowest BCUT2D eigenvalue weighted by atomic mass is 9.78. The van der Waals surface area contributed by atoms with Gasteiger partial charge in [0, 0.05) is 17.6 Å². The summed E-state index contributed by atoms with van der Waals surface area (Å²) in [5.74, 6) is 0.0465. The average Bonchev–Trinajstić information content (AvgIpc) is 2.91. The molecular weight excluding hydrogens is 342 g/mol. The minimum atomic E-state index is -0.959. The number of hydrogen-bond acceptors (Lipinski definition) is 3. The van der Waals surface area contributed by atoms with E-state index in [1.165, 1.54) is 0 Å². The summed E-state index contributed by atoms with van der Waals surface area (Å²) in [4.78, 5) is 14.9. The van der Waals surface area contributed by atoms with Gasteiger partial charge in [-0.3, -0.25) is 4.79 Å². The molecule has 1 unspecified atom stereocenters. The van der Waals surface area contributed by atoms with Crippen LogP contribution in [0.1, 0.15) is 31.7 Å². The Hall–Kier alpha value is -0.910. The second-order valence-corrected chi connectivity index (χ2v) is 7.85. The third-order valence-electron chi connectivity index (χ3n) is 5.28. The maximum Gasteiger partial charge on any atom is 0.246 e. The maximum absolute atomic E-state index is 13.0. The van der Waals surface area contributed by atoms with Crippen molar-refractivity contribution in [3.8, 4) is 0 Å². The number of nitrogens with two attached hydrogens (primary N) is 1. The van der Waals surface area contributed by atoms with E-state index in [0.717, 1.165) is 55.5 Å². The minimum absolute atomic E-state index is 0.0465. The van der Waals surface area contributed by atoms with Gasteiger partial charge in [0.15, 0.2) is 0 Å². The van der Waals surface area contributed by atoms with Crippen LogP contribution in [0.25, 0.3) is 0 Å². The van der Waals surface area contributed by atoms with E-state index in [4.69, 9.17) is 5.73 Å². The third kappa shape index (κ3) is 2.94. The van der Waals surface area contributed by atoms with Gasteiger partial charge in [-0.15, -0.1) is 0 Å². The molecule has 0 aromatic heterocycles. The van der Waals surface area contributed by atoms with Crippen LogP contribution in [0.4, 0.5) is 0 Å². The molecule has 1 amide bonds. The van der Waals surface area contributed by atoms with E-state index in [1.54, 1.807) is 0 Å². The van der Waals surface area contributed by atoms with Gasteiger partial charge in [0.25, 0.3) is 0 Å². The molecule has 3 rings (SSSR count). The Morgan fingerprint density at radius 3 is 2.55 bits per heavy atom. The number of likely N-dealkylation sites (tertiary alicyclic amines) is 1. The Kier molecular flexibility index (Phi) is 4.32. The largest absolute Gasteiger partial charge is 0.340 e. The van der Waals surface area contributed by atoms with E-state index in [1.807, 2.05) is 36.1 Å². The van der Waals surface area contributed by atoms with Gasteiger partial charge in [-0.25, -0.2) is 0 Å². The highest BCUT2D eigenvalue weighted by Crippen LogP contribution is 2.39. The van der Waals surface area contributed by atoms with Crippen molar-refractivity contribution in [3.05, 3.63) is 34.3 Å². The van der Waals surface area contributed by atoms with Crippen LogP contribution in [-0.2, 0) is 10.3 Å². The Labute approximate surface area is 140 Å². The maximum atomic E-state index is 13.0. The highest BCUT2D eigenvalue weighted by atomic mass is 79.9. The molecule has 2 aliphatic rings. The number of nitrogens with one attached hydrogen (secondary N) is 1. The lowest BCUT2D eigenvalue weighted by Crippen LogP contribution is -2.51. The number of nitrogens with zero attached hydrogens (tertiary/aromatic N) is 1. The first kappa shape index (κ1) is 16.0. The number of carbonyl (C=O) groups excluding carboxylic acids is 1. The molecule has 2 saturated heterocycles. The number of halogens is 1. The quantitative estimate of drug-likeness (QED) is 0.844. The zero-order valence-electron chi connectivity index (χ0n) is 13.1. The van der Waals surface area contributed by atoms with Gasteiger partial charge < -0.3 is 16.0 Å². The van der Waals surface area contributed by atoms with E-state index < -0.39 is 5.54 Å².